The van der Waals surface area contributed by atoms with Crippen molar-refractivity contribution in [2.24, 2.45) is 22.9 Å². The van der Waals surface area contributed by atoms with Crippen LogP contribution in [0.5, 0.6) is 11.5 Å². The van der Waals surface area contributed by atoms with Crippen LogP contribution in [-0.4, -0.2) is 86.2 Å². The number of halogens is 4. The minimum absolute atomic E-state index is 0. The van der Waals surface area contributed by atoms with Crippen molar-refractivity contribution < 1.29 is 19.1 Å². The molecular formula is C38H76Cl4N6O4. The molecule has 0 bridgehead atoms. The summed E-state index contributed by atoms with van der Waals surface area (Å²) in [5.41, 5.74) is 23.7. The first-order valence-corrected chi connectivity index (χ1v) is 19.2. The number of hydrogen-bond donors (Lipinski definition) is 4. The summed E-state index contributed by atoms with van der Waals surface area (Å²) in [6.07, 6.45) is 17.4. The third kappa shape index (κ3) is 28.2. The van der Waals surface area contributed by atoms with E-state index in [1.807, 2.05) is 34.1 Å². The third-order valence-electron chi connectivity index (χ3n) is 8.77. The van der Waals surface area contributed by atoms with E-state index in [0.29, 0.717) is 52.2 Å². The maximum absolute atomic E-state index is 13.0. The fourth-order valence-electron chi connectivity index (χ4n) is 5.68. The minimum Gasteiger partial charge on any atom is -0.494 e. The maximum Gasteiger partial charge on any atom is 0.239 e. The van der Waals surface area contributed by atoms with Gasteiger partial charge in [-0.25, -0.2) is 0 Å². The molecule has 1 aromatic carbocycles. The fraction of sp³-hybridized carbons (Fsp3) is 0.789. The highest BCUT2D eigenvalue weighted by atomic mass is 35.5. The summed E-state index contributed by atoms with van der Waals surface area (Å²) in [5.74, 6) is 1.73. The minimum atomic E-state index is -0.445. The number of unbranched alkanes of at least 4 members (excludes halogenated alkanes) is 10. The van der Waals surface area contributed by atoms with Gasteiger partial charge in [-0.15, -0.1) is 49.6 Å². The second-order valence-electron chi connectivity index (χ2n) is 13.1. The Morgan fingerprint density at radius 1 is 0.519 bits per heavy atom. The van der Waals surface area contributed by atoms with Crippen molar-refractivity contribution in [1.82, 2.24) is 9.80 Å². The number of nitrogens with two attached hydrogens (primary N) is 4. The van der Waals surface area contributed by atoms with E-state index in [4.69, 9.17) is 32.4 Å². The first-order chi connectivity index (χ1) is 23.4. The smallest absolute Gasteiger partial charge is 0.239 e. The Bertz CT molecular complexity index is 866. The molecule has 14 heteroatoms. The molecule has 0 saturated carbocycles. The lowest BCUT2D eigenvalue weighted by Gasteiger charge is -2.26. The Labute approximate surface area is 341 Å². The molecule has 0 unspecified atom stereocenters. The van der Waals surface area contributed by atoms with Crippen LogP contribution in [0.2, 0.25) is 0 Å². The van der Waals surface area contributed by atoms with Crippen molar-refractivity contribution in [2.45, 2.75) is 142 Å². The summed E-state index contributed by atoms with van der Waals surface area (Å²) in [5, 5.41) is 0. The average molecular weight is 823 g/mol. The van der Waals surface area contributed by atoms with Gasteiger partial charge in [-0.3, -0.25) is 9.59 Å². The van der Waals surface area contributed by atoms with Gasteiger partial charge in [0.25, 0.3) is 0 Å². The van der Waals surface area contributed by atoms with Crippen LogP contribution in [0.4, 0.5) is 0 Å². The van der Waals surface area contributed by atoms with Gasteiger partial charge in [0.2, 0.25) is 11.8 Å². The number of rotatable bonds is 32. The van der Waals surface area contributed by atoms with Crippen LogP contribution in [0.15, 0.2) is 24.3 Å². The highest BCUT2D eigenvalue weighted by Crippen LogP contribution is 2.19. The van der Waals surface area contributed by atoms with E-state index in [9.17, 15) is 9.59 Å². The largest absolute Gasteiger partial charge is 0.494 e. The van der Waals surface area contributed by atoms with Crippen molar-refractivity contribution in [1.29, 1.82) is 0 Å². The number of nitrogens with zero attached hydrogens (tertiary/aromatic N) is 2. The SMILES string of the molecule is CCCCCCN(CCCCOc1ccc(OCCCCN(CCCCCC)C(=O)[C@@H](N)CCCCN)cc1)C(=O)[C@@H](N)CCCCN.Cl.Cl.Cl.Cl. The van der Waals surface area contributed by atoms with Crippen LogP contribution in [0.1, 0.15) is 129 Å². The molecule has 10 nitrogen and oxygen atoms in total. The van der Waals surface area contributed by atoms with E-state index in [1.54, 1.807) is 0 Å². The molecule has 0 aromatic heterocycles. The zero-order chi connectivity index (χ0) is 35.2. The second-order valence-corrected chi connectivity index (χ2v) is 13.1. The molecule has 2 amide bonds. The molecule has 8 N–H and O–H groups in total. The van der Waals surface area contributed by atoms with Gasteiger partial charge in [-0.1, -0.05) is 65.2 Å². The number of carbonyl (C=O) groups is 2. The van der Waals surface area contributed by atoms with E-state index >= 15 is 0 Å². The van der Waals surface area contributed by atoms with Crippen molar-refractivity contribution in [2.75, 3.05) is 52.5 Å². The monoisotopic (exact) mass is 820 g/mol. The molecule has 0 aliphatic rings. The van der Waals surface area contributed by atoms with Gasteiger partial charge < -0.3 is 42.2 Å². The predicted octanol–water partition coefficient (Wildman–Crippen LogP) is 7.42. The summed E-state index contributed by atoms with van der Waals surface area (Å²) in [4.78, 5) is 29.9. The van der Waals surface area contributed by atoms with Crippen molar-refractivity contribution in [3.8, 4) is 11.5 Å². The first-order valence-electron chi connectivity index (χ1n) is 19.2. The zero-order valence-electron chi connectivity index (χ0n) is 32.3. The molecule has 0 aliphatic heterocycles. The molecule has 1 aromatic rings. The van der Waals surface area contributed by atoms with Gasteiger partial charge in [0.05, 0.1) is 25.3 Å². The Morgan fingerprint density at radius 2 is 0.846 bits per heavy atom. The summed E-state index contributed by atoms with van der Waals surface area (Å²) < 4.78 is 11.9. The van der Waals surface area contributed by atoms with Gasteiger partial charge in [0.15, 0.2) is 0 Å². The lowest BCUT2D eigenvalue weighted by atomic mass is 10.1. The van der Waals surface area contributed by atoms with Crippen LogP contribution in [0, 0.1) is 0 Å². The lowest BCUT2D eigenvalue weighted by molar-refractivity contribution is -0.133. The van der Waals surface area contributed by atoms with Crippen LogP contribution >= 0.6 is 49.6 Å². The number of ether oxygens (including phenoxy) is 2. The van der Waals surface area contributed by atoms with Gasteiger partial charge >= 0.3 is 0 Å². The molecule has 2 atom stereocenters. The molecule has 1 rings (SSSR count). The third-order valence-corrected chi connectivity index (χ3v) is 8.77. The van der Waals surface area contributed by atoms with Crippen LogP contribution in [-0.2, 0) is 9.59 Å². The average Bonchev–Trinajstić information content (AvgIpc) is 3.09. The van der Waals surface area contributed by atoms with E-state index < -0.39 is 12.1 Å². The van der Waals surface area contributed by atoms with Gasteiger partial charge in [-0.2, -0.15) is 0 Å². The summed E-state index contributed by atoms with van der Waals surface area (Å²) in [7, 11) is 0. The molecule has 0 saturated heterocycles. The van der Waals surface area contributed by atoms with Gasteiger partial charge in [0.1, 0.15) is 11.5 Å². The number of benzene rings is 1. The molecule has 310 valence electrons. The quantitative estimate of drug-likeness (QED) is 0.0546. The number of carbonyl (C=O) groups excluding carboxylic acids is 2. The summed E-state index contributed by atoms with van der Waals surface area (Å²) in [6, 6.07) is 6.84. The second kappa shape index (κ2) is 39.5. The number of amides is 2. The lowest BCUT2D eigenvalue weighted by Crippen LogP contribution is -2.44. The topological polar surface area (TPSA) is 163 Å². The molecule has 0 heterocycles. The van der Waals surface area contributed by atoms with E-state index in [0.717, 1.165) is 102 Å². The first kappa shape index (κ1) is 57.5. The fourth-order valence-corrected chi connectivity index (χ4v) is 5.68. The maximum atomic E-state index is 13.0. The van der Waals surface area contributed by atoms with Crippen LogP contribution in [0.3, 0.4) is 0 Å². The normalized spacial score (nSPS) is 11.5. The Hall–Kier alpha value is -1.24. The zero-order valence-corrected chi connectivity index (χ0v) is 35.6. The molecule has 0 spiro atoms. The highest BCUT2D eigenvalue weighted by Gasteiger charge is 2.21. The van der Waals surface area contributed by atoms with Crippen LogP contribution in [0.25, 0.3) is 0 Å². The molecule has 0 aliphatic carbocycles. The Morgan fingerprint density at radius 3 is 1.15 bits per heavy atom. The van der Waals surface area contributed by atoms with Crippen LogP contribution < -0.4 is 32.4 Å². The van der Waals surface area contributed by atoms with Crippen molar-refractivity contribution >= 4 is 61.4 Å². The van der Waals surface area contributed by atoms with E-state index in [2.05, 4.69) is 13.8 Å². The van der Waals surface area contributed by atoms with Gasteiger partial charge in [-0.05, 0) is 102 Å². The molecular weight excluding hydrogens is 746 g/mol. The molecule has 0 radical (unpaired) electrons. The van der Waals surface area contributed by atoms with Gasteiger partial charge in [0, 0.05) is 26.2 Å². The van der Waals surface area contributed by atoms with E-state index in [1.165, 1.54) is 25.7 Å². The standard InChI is InChI=1S/C38H72N6O4.4ClH/c1-3-5-7-13-27-43(37(45)35(41)19-9-11-25-39)29-15-17-31-47-33-21-23-34(24-22-33)48-32-18-16-30-44(28-14-8-6-4-2)38(46)36(42)20-10-12-26-40;;;;/h21-24,35-36H,3-20,25-32,39-42H2,1-2H3;4*1H/t35-,36-;;;;/m0..../s1. The predicted molar refractivity (Wildman–Crippen MR) is 228 cm³/mol. The summed E-state index contributed by atoms with van der Waals surface area (Å²) in [6.45, 7) is 9.78. The Kier molecular flexibility index (Phi) is 43.6. The van der Waals surface area contributed by atoms with E-state index in [-0.39, 0.29) is 61.4 Å². The highest BCUT2D eigenvalue weighted by molar-refractivity contribution is 5.86. The summed E-state index contributed by atoms with van der Waals surface area (Å²) >= 11 is 0. The number of hydrogen-bond acceptors (Lipinski definition) is 8. The molecule has 0 fully saturated rings. The van der Waals surface area contributed by atoms with Crippen molar-refractivity contribution in [3.63, 3.8) is 0 Å². The van der Waals surface area contributed by atoms with Crippen molar-refractivity contribution in [3.05, 3.63) is 24.3 Å². The Balaban J connectivity index is -0.00000288. The molecule has 52 heavy (non-hydrogen) atoms.